The van der Waals surface area contributed by atoms with E-state index in [1.165, 1.54) is 17.5 Å². The van der Waals surface area contributed by atoms with E-state index in [1.54, 1.807) is 13.3 Å². The number of hydrogen-bond donors (Lipinski definition) is 0. The molecule has 168 valence electrons. The molecule has 5 nitrogen and oxygen atoms in total. The number of oxazole rings is 1. The maximum Gasteiger partial charge on any atom is 0.223 e. The van der Waals surface area contributed by atoms with Crippen LogP contribution in [0.4, 0.5) is 0 Å². The Morgan fingerprint density at radius 2 is 1.78 bits per heavy atom. The minimum atomic E-state index is 0.202. The summed E-state index contributed by atoms with van der Waals surface area (Å²) in [5.41, 5.74) is 3.57. The monoisotopic (exact) mass is 432 g/mol. The zero-order valence-corrected chi connectivity index (χ0v) is 19.0. The van der Waals surface area contributed by atoms with Crippen molar-refractivity contribution < 1.29 is 13.9 Å². The zero-order valence-electron chi connectivity index (χ0n) is 19.0. The third kappa shape index (κ3) is 5.78. The first-order valence-electron chi connectivity index (χ1n) is 11.5. The van der Waals surface area contributed by atoms with Gasteiger partial charge < -0.3 is 14.1 Å². The van der Waals surface area contributed by atoms with Gasteiger partial charge in [-0.05, 0) is 56.2 Å². The molecule has 0 atom stereocenters. The van der Waals surface area contributed by atoms with Crippen LogP contribution in [0.1, 0.15) is 42.7 Å². The normalized spacial score (nSPS) is 14.5. The quantitative estimate of drug-likeness (QED) is 0.474. The zero-order chi connectivity index (χ0) is 22.3. The average molecular weight is 433 g/mol. The number of amides is 1. The predicted octanol–water partition coefficient (Wildman–Crippen LogP) is 5.46. The Bertz CT molecular complexity index is 1000. The van der Waals surface area contributed by atoms with Crippen LogP contribution in [0.25, 0.3) is 11.3 Å². The van der Waals surface area contributed by atoms with Crippen molar-refractivity contribution in [3.63, 3.8) is 0 Å². The Kier molecular flexibility index (Phi) is 7.25. The Morgan fingerprint density at radius 3 is 2.47 bits per heavy atom. The number of piperidine rings is 1. The number of carbonyl (C=O) groups is 1. The summed E-state index contributed by atoms with van der Waals surface area (Å²) in [5.74, 6) is 3.17. The Morgan fingerprint density at radius 1 is 1.06 bits per heavy atom. The van der Waals surface area contributed by atoms with E-state index in [-0.39, 0.29) is 5.91 Å². The molecule has 1 aliphatic rings. The highest BCUT2D eigenvalue weighted by molar-refractivity contribution is 5.76. The van der Waals surface area contributed by atoms with E-state index >= 15 is 0 Å². The fourth-order valence-corrected chi connectivity index (χ4v) is 4.28. The van der Waals surface area contributed by atoms with E-state index < -0.39 is 0 Å². The molecule has 1 fully saturated rings. The van der Waals surface area contributed by atoms with Gasteiger partial charge in [0, 0.05) is 31.5 Å². The fourth-order valence-electron chi connectivity index (χ4n) is 4.28. The number of aryl methyl sites for hydroxylation is 3. The summed E-state index contributed by atoms with van der Waals surface area (Å²) >= 11 is 0. The van der Waals surface area contributed by atoms with E-state index in [9.17, 15) is 4.79 Å². The van der Waals surface area contributed by atoms with Crippen LogP contribution < -0.4 is 4.74 Å². The van der Waals surface area contributed by atoms with Crippen molar-refractivity contribution in [3.05, 3.63) is 71.7 Å². The van der Waals surface area contributed by atoms with E-state index in [2.05, 4.69) is 36.2 Å². The summed E-state index contributed by atoms with van der Waals surface area (Å²) in [5, 5.41) is 0. The summed E-state index contributed by atoms with van der Waals surface area (Å²) in [6, 6.07) is 16.5. The molecule has 1 saturated heterocycles. The van der Waals surface area contributed by atoms with Crippen LogP contribution in [0.15, 0.2) is 59.1 Å². The van der Waals surface area contributed by atoms with Crippen molar-refractivity contribution in [3.8, 4) is 17.1 Å². The predicted molar refractivity (Wildman–Crippen MR) is 126 cm³/mol. The maximum absolute atomic E-state index is 12.7. The highest BCUT2D eigenvalue weighted by Crippen LogP contribution is 2.25. The average Bonchev–Trinajstić information content (AvgIpc) is 3.31. The van der Waals surface area contributed by atoms with Crippen molar-refractivity contribution in [1.82, 2.24) is 9.88 Å². The molecule has 5 heteroatoms. The number of methoxy groups -OCH3 is 1. The lowest BCUT2D eigenvalue weighted by atomic mass is 9.90. The van der Waals surface area contributed by atoms with Crippen LogP contribution in [0, 0.1) is 12.8 Å². The number of benzene rings is 2. The first-order chi connectivity index (χ1) is 15.6. The Hall–Kier alpha value is -3.08. The molecule has 1 amide bonds. The molecule has 3 aromatic rings. The van der Waals surface area contributed by atoms with Crippen LogP contribution in [-0.4, -0.2) is 36.0 Å². The van der Waals surface area contributed by atoms with Gasteiger partial charge in [0.05, 0.1) is 13.3 Å². The van der Waals surface area contributed by atoms with E-state index in [4.69, 9.17) is 9.15 Å². The van der Waals surface area contributed by atoms with Crippen LogP contribution in [0.5, 0.6) is 5.75 Å². The SMILES string of the molecule is COc1ccc(CCC2CCN(C(=O)CCc3ncc(-c4ccc(C)cc4)o3)CC2)cc1. The van der Waals surface area contributed by atoms with Crippen LogP contribution >= 0.6 is 0 Å². The van der Waals surface area contributed by atoms with Crippen molar-refractivity contribution in [2.45, 2.75) is 45.4 Å². The number of aromatic nitrogens is 1. The molecule has 4 rings (SSSR count). The molecule has 0 N–H and O–H groups in total. The second-order valence-electron chi connectivity index (χ2n) is 8.70. The van der Waals surface area contributed by atoms with E-state index in [1.807, 2.05) is 29.2 Å². The van der Waals surface area contributed by atoms with Gasteiger partial charge in [-0.25, -0.2) is 4.98 Å². The molecule has 0 bridgehead atoms. The molecule has 0 radical (unpaired) electrons. The molecule has 0 spiro atoms. The molecule has 2 aromatic carbocycles. The second kappa shape index (κ2) is 10.5. The summed E-state index contributed by atoms with van der Waals surface area (Å²) in [4.78, 5) is 19.0. The lowest BCUT2D eigenvalue weighted by Gasteiger charge is -2.32. The lowest BCUT2D eigenvalue weighted by Crippen LogP contribution is -2.38. The van der Waals surface area contributed by atoms with Crippen molar-refractivity contribution in [1.29, 1.82) is 0 Å². The maximum atomic E-state index is 12.7. The molecule has 0 saturated carbocycles. The van der Waals surface area contributed by atoms with E-state index in [0.29, 0.717) is 24.7 Å². The highest BCUT2D eigenvalue weighted by atomic mass is 16.5. The number of carbonyl (C=O) groups excluding carboxylic acids is 1. The van der Waals surface area contributed by atoms with Crippen LogP contribution in [-0.2, 0) is 17.6 Å². The number of nitrogens with zero attached hydrogens (tertiary/aromatic N) is 2. The molecule has 1 aromatic heterocycles. The lowest BCUT2D eigenvalue weighted by molar-refractivity contribution is -0.132. The Labute approximate surface area is 190 Å². The smallest absolute Gasteiger partial charge is 0.223 e. The van der Waals surface area contributed by atoms with Gasteiger partial charge in [-0.2, -0.15) is 0 Å². The molecule has 32 heavy (non-hydrogen) atoms. The summed E-state index contributed by atoms with van der Waals surface area (Å²) in [6.07, 6.45) is 7.16. The molecule has 2 heterocycles. The molecular formula is C27H32N2O3. The number of hydrogen-bond acceptors (Lipinski definition) is 4. The molecule has 0 aliphatic carbocycles. The van der Waals surface area contributed by atoms with Crippen molar-refractivity contribution in [2.24, 2.45) is 5.92 Å². The van der Waals surface area contributed by atoms with Crippen molar-refractivity contribution in [2.75, 3.05) is 20.2 Å². The minimum Gasteiger partial charge on any atom is -0.497 e. The minimum absolute atomic E-state index is 0.202. The topological polar surface area (TPSA) is 55.6 Å². The first-order valence-corrected chi connectivity index (χ1v) is 11.5. The van der Waals surface area contributed by atoms with Gasteiger partial charge >= 0.3 is 0 Å². The highest BCUT2D eigenvalue weighted by Gasteiger charge is 2.23. The number of ether oxygens (including phenoxy) is 1. The Balaban J connectivity index is 1.19. The number of likely N-dealkylation sites (tertiary alicyclic amines) is 1. The van der Waals surface area contributed by atoms with Gasteiger partial charge in [0.15, 0.2) is 11.7 Å². The third-order valence-electron chi connectivity index (χ3n) is 6.41. The first kappa shape index (κ1) is 22.1. The molecular weight excluding hydrogens is 400 g/mol. The van der Waals surface area contributed by atoms with Gasteiger partial charge in [-0.1, -0.05) is 42.0 Å². The van der Waals surface area contributed by atoms with E-state index in [0.717, 1.165) is 49.4 Å². The third-order valence-corrected chi connectivity index (χ3v) is 6.41. The van der Waals surface area contributed by atoms with Gasteiger partial charge in [-0.15, -0.1) is 0 Å². The number of rotatable bonds is 8. The van der Waals surface area contributed by atoms with Crippen LogP contribution in [0.2, 0.25) is 0 Å². The summed E-state index contributed by atoms with van der Waals surface area (Å²) < 4.78 is 11.1. The molecule has 1 aliphatic heterocycles. The second-order valence-corrected chi connectivity index (χ2v) is 8.70. The fraction of sp³-hybridized carbons (Fsp3) is 0.407. The van der Waals surface area contributed by atoms with Gasteiger partial charge in [0.25, 0.3) is 0 Å². The summed E-state index contributed by atoms with van der Waals surface area (Å²) in [6.45, 7) is 3.77. The molecule has 0 unspecified atom stereocenters. The summed E-state index contributed by atoms with van der Waals surface area (Å²) in [7, 11) is 1.69. The standard InChI is InChI=1S/C27H32N2O3/c1-20-3-9-23(10-4-20)25-19-28-26(32-25)13-14-27(30)29-17-15-22(16-18-29)6-5-21-7-11-24(31-2)12-8-21/h3-4,7-12,19,22H,5-6,13-18H2,1-2H3. The van der Waals surface area contributed by atoms with Gasteiger partial charge in [0.2, 0.25) is 5.91 Å². The largest absolute Gasteiger partial charge is 0.497 e. The van der Waals surface area contributed by atoms with Gasteiger partial charge in [0.1, 0.15) is 5.75 Å². The van der Waals surface area contributed by atoms with Crippen LogP contribution in [0.3, 0.4) is 0 Å². The van der Waals surface area contributed by atoms with Gasteiger partial charge in [-0.3, -0.25) is 4.79 Å². The van der Waals surface area contributed by atoms with Crippen molar-refractivity contribution >= 4 is 5.91 Å².